The van der Waals surface area contributed by atoms with Crippen LogP contribution in [-0.2, 0) is 20.3 Å². The van der Waals surface area contributed by atoms with Crippen molar-refractivity contribution in [2.45, 2.75) is 31.3 Å². The number of nitrogens with one attached hydrogen (secondary N) is 1. The number of carbonyl (C=O) groups excluding carboxylic acids is 1. The van der Waals surface area contributed by atoms with Crippen molar-refractivity contribution in [1.82, 2.24) is 0 Å². The molecular weight excluding hydrogens is 269 g/mol. The van der Waals surface area contributed by atoms with Gasteiger partial charge in [0.2, 0.25) is 5.91 Å². The Labute approximate surface area is 114 Å². The van der Waals surface area contributed by atoms with E-state index < -0.39 is 16.6 Å². The van der Waals surface area contributed by atoms with Crippen LogP contribution in [0.1, 0.15) is 20.3 Å². The number of rotatable bonds is 6. The molecule has 0 aliphatic rings. The van der Waals surface area contributed by atoms with E-state index >= 15 is 0 Å². The number of hydrogen-bond donors (Lipinski definition) is 1. The first kappa shape index (κ1) is 15.8. The Kier molecular flexibility index (Phi) is 6.11. The van der Waals surface area contributed by atoms with Gasteiger partial charge in [0.15, 0.2) is 0 Å². The molecule has 0 bridgehead atoms. The smallest absolute Gasteiger partial charge is 0.250 e. The van der Waals surface area contributed by atoms with E-state index in [1.165, 1.54) is 18.4 Å². The average molecular weight is 287 g/mol. The van der Waals surface area contributed by atoms with Crippen LogP contribution in [0.15, 0.2) is 23.1 Å². The minimum Gasteiger partial charge on any atom is -0.369 e. The van der Waals surface area contributed by atoms with Crippen molar-refractivity contribution in [2.75, 3.05) is 18.2 Å². The predicted octanol–water partition coefficient (Wildman–Crippen LogP) is 2.32. The average Bonchev–Trinajstić information content (AvgIpc) is 2.35. The Morgan fingerprint density at radius 1 is 1.53 bits per heavy atom. The Morgan fingerprint density at radius 2 is 2.21 bits per heavy atom. The highest BCUT2D eigenvalue weighted by Crippen LogP contribution is 2.17. The van der Waals surface area contributed by atoms with Gasteiger partial charge >= 0.3 is 0 Å². The Morgan fingerprint density at radius 3 is 2.74 bits per heavy atom. The molecule has 1 aromatic rings. The second-order valence-electron chi connectivity index (χ2n) is 4.18. The first-order valence-electron chi connectivity index (χ1n) is 5.98. The summed E-state index contributed by atoms with van der Waals surface area (Å²) in [5.74, 6) is -0.938. The van der Waals surface area contributed by atoms with Crippen LogP contribution in [0, 0.1) is 5.82 Å². The zero-order valence-electron chi connectivity index (χ0n) is 11.2. The van der Waals surface area contributed by atoms with E-state index in [1.54, 1.807) is 0 Å². The van der Waals surface area contributed by atoms with E-state index in [4.69, 9.17) is 4.74 Å². The van der Waals surface area contributed by atoms with Crippen molar-refractivity contribution in [3.05, 3.63) is 24.0 Å². The van der Waals surface area contributed by atoms with Gasteiger partial charge in [-0.3, -0.25) is 9.00 Å². The van der Waals surface area contributed by atoms with Crippen LogP contribution < -0.4 is 5.32 Å². The third-order valence-electron chi connectivity index (χ3n) is 2.60. The van der Waals surface area contributed by atoms with Gasteiger partial charge in [-0.1, -0.05) is 6.92 Å². The molecular formula is C13H18FNO3S. The van der Waals surface area contributed by atoms with Gasteiger partial charge in [-0.15, -0.1) is 0 Å². The normalized spacial score (nSPS) is 13.9. The van der Waals surface area contributed by atoms with Crippen LogP contribution in [0.5, 0.6) is 0 Å². The summed E-state index contributed by atoms with van der Waals surface area (Å²) >= 11 is 0. The molecule has 1 rings (SSSR count). The second-order valence-corrected chi connectivity index (χ2v) is 5.53. The molecule has 1 amide bonds. The molecule has 0 heterocycles. The lowest BCUT2D eigenvalue weighted by molar-refractivity contribution is -0.122. The third kappa shape index (κ3) is 5.08. The molecule has 0 spiro atoms. The fraction of sp³-hybridized carbons (Fsp3) is 0.462. The van der Waals surface area contributed by atoms with Crippen molar-refractivity contribution < 1.29 is 18.1 Å². The Bertz CT molecular complexity index is 479. The van der Waals surface area contributed by atoms with Crippen molar-refractivity contribution in [2.24, 2.45) is 0 Å². The van der Waals surface area contributed by atoms with Gasteiger partial charge in [0.05, 0.1) is 21.8 Å². The summed E-state index contributed by atoms with van der Waals surface area (Å²) in [5, 5.41) is 2.53. The molecule has 6 heteroatoms. The summed E-state index contributed by atoms with van der Waals surface area (Å²) in [6.07, 6.45) is 2.22. The molecule has 0 aromatic heterocycles. The number of benzene rings is 1. The molecule has 1 N–H and O–H groups in total. The first-order valence-corrected chi connectivity index (χ1v) is 7.54. The van der Waals surface area contributed by atoms with E-state index in [1.807, 2.05) is 13.8 Å². The minimum atomic E-state index is -1.38. The fourth-order valence-electron chi connectivity index (χ4n) is 1.34. The molecule has 0 radical (unpaired) electrons. The number of amides is 1. The molecule has 0 aliphatic heterocycles. The molecule has 106 valence electrons. The molecule has 0 saturated heterocycles. The lowest BCUT2D eigenvalue weighted by Crippen LogP contribution is -2.21. The maximum atomic E-state index is 13.5. The van der Waals surface area contributed by atoms with Gasteiger partial charge < -0.3 is 10.1 Å². The zero-order valence-corrected chi connectivity index (χ0v) is 12.1. The summed E-state index contributed by atoms with van der Waals surface area (Å²) in [7, 11) is -1.38. The van der Waals surface area contributed by atoms with Gasteiger partial charge in [-0.05, 0) is 31.5 Å². The molecule has 2 atom stereocenters. The third-order valence-corrected chi connectivity index (χ3v) is 3.55. The van der Waals surface area contributed by atoms with Crippen LogP contribution in [0.3, 0.4) is 0 Å². The van der Waals surface area contributed by atoms with Gasteiger partial charge in [0, 0.05) is 11.9 Å². The van der Waals surface area contributed by atoms with Crippen LogP contribution >= 0.6 is 0 Å². The maximum absolute atomic E-state index is 13.5. The minimum absolute atomic E-state index is 0.00683. The number of anilines is 1. The van der Waals surface area contributed by atoms with Crippen molar-refractivity contribution in [3.8, 4) is 0 Å². The highest BCUT2D eigenvalue weighted by Gasteiger charge is 2.09. The molecule has 0 unspecified atom stereocenters. The van der Waals surface area contributed by atoms with Crippen LogP contribution in [0.4, 0.5) is 10.1 Å². The number of hydrogen-bond acceptors (Lipinski definition) is 3. The molecule has 4 nitrogen and oxygen atoms in total. The highest BCUT2D eigenvalue weighted by atomic mass is 32.2. The highest BCUT2D eigenvalue weighted by molar-refractivity contribution is 7.84. The summed E-state index contributed by atoms with van der Waals surface area (Å²) in [6.45, 7) is 3.76. The molecule has 0 aliphatic carbocycles. The van der Waals surface area contributed by atoms with Crippen molar-refractivity contribution >= 4 is 22.4 Å². The van der Waals surface area contributed by atoms with Crippen LogP contribution in [-0.4, -0.2) is 29.1 Å². The van der Waals surface area contributed by atoms with Gasteiger partial charge in [0.25, 0.3) is 0 Å². The van der Waals surface area contributed by atoms with E-state index in [9.17, 15) is 13.4 Å². The van der Waals surface area contributed by atoms with Gasteiger partial charge in [0.1, 0.15) is 12.4 Å². The Hall–Kier alpha value is -1.27. The van der Waals surface area contributed by atoms with E-state index in [2.05, 4.69) is 5.32 Å². The summed E-state index contributed by atoms with van der Waals surface area (Å²) < 4.78 is 30.0. The lowest BCUT2D eigenvalue weighted by atomic mass is 10.3. The molecule has 1 aromatic carbocycles. The second kappa shape index (κ2) is 7.35. The van der Waals surface area contributed by atoms with E-state index in [-0.39, 0.29) is 23.5 Å². The number of halogens is 1. The maximum Gasteiger partial charge on any atom is 0.250 e. The SMILES string of the molecule is CC[C@H](C)OCC(=O)Nc1ccc([S@@](C)=O)c(F)c1. The predicted molar refractivity (Wildman–Crippen MR) is 73.1 cm³/mol. The van der Waals surface area contributed by atoms with E-state index in [0.717, 1.165) is 12.5 Å². The monoisotopic (exact) mass is 287 g/mol. The molecule has 19 heavy (non-hydrogen) atoms. The van der Waals surface area contributed by atoms with Gasteiger partial charge in [-0.25, -0.2) is 4.39 Å². The largest absolute Gasteiger partial charge is 0.369 e. The molecule has 0 fully saturated rings. The summed E-state index contributed by atoms with van der Waals surface area (Å²) in [6, 6.07) is 4.06. The standard InChI is InChI=1S/C13H18FNO3S/c1-4-9(2)18-8-13(16)15-10-5-6-12(19(3)17)11(14)7-10/h5-7,9H,4,8H2,1-3H3,(H,15,16)/t9-,19+/m0/s1. The van der Waals surface area contributed by atoms with Crippen molar-refractivity contribution in [3.63, 3.8) is 0 Å². The fourth-order valence-corrected chi connectivity index (χ4v) is 1.94. The number of ether oxygens (including phenoxy) is 1. The quantitative estimate of drug-likeness (QED) is 0.873. The Balaban J connectivity index is 2.60. The molecule has 0 saturated carbocycles. The van der Waals surface area contributed by atoms with Gasteiger partial charge in [-0.2, -0.15) is 0 Å². The lowest BCUT2D eigenvalue weighted by Gasteiger charge is -2.11. The van der Waals surface area contributed by atoms with E-state index in [0.29, 0.717) is 5.69 Å². The van der Waals surface area contributed by atoms with Crippen LogP contribution in [0.2, 0.25) is 0 Å². The van der Waals surface area contributed by atoms with Crippen LogP contribution in [0.25, 0.3) is 0 Å². The summed E-state index contributed by atoms with van der Waals surface area (Å²) in [4.78, 5) is 11.7. The summed E-state index contributed by atoms with van der Waals surface area (Å²) in [5.41, 5.74) is 0.324. The zero-order chi connectivity index (χ0) is 14.4. The first-order chi connectivity index (χ1) is 8.93. The topological polar surface area (TPSA) is 55.4 Å². The van der Waals surface area contributed by atoms with Crippen molar-refractivity contribution in [1.29, 1.82) is 0 Å². The number of carbonyl (C=O) groups is 1.